The molecule has 0 radical (unpaired) electrons. The number of hydrogen-bond donors (Lipinski definition) is 1. The van der Waals surface area contributed by atoms with Crippen LogP contribution in [0.3, 0.4) is 0 Å². The van der Waals surface area contributed by atoms with Gasteiger partial charge in [0.1, 0.15) is 0 Å². The first-order valence-corrected chi connectivity index (χ1v) is 10.8. The molecule has 2 heteroatoms. The second-order valence-corrected chi connectivity index (χ2v) is 8.64. The maximum absolute atomic E-state index is 4.38. The molecule has 0 spiro atoms. The van der Waals surface area contributed by atoms with Crippen molar-refractivity contribution in [1.29, 1.82) is 0 Å². The summed E-state index contributed by atoms with van der Waals surface area (Å²) in [7, 11) is 1.98. The van der Waals surface area contributed by atoms with Crippen LogP contribution >= 0.6 is 11.8 Å². The van der Waals surface area contributed by atoms with Crippen molar-refractivity contribution < 1.29 is 0 Å². The van der Waals surface area contributed by atoms with Gasteiger partial charge in [0.05, 0.1) is 0 Å². The fourth-order valence-corrected chi connectivity index (χ4v) is 4.70. The molecule has 0 aliphatic heterocycles. The summed E-state index contributed by atoms with van der Waals surface area (Å²) in [6, 6.07) is 11.3. The first kappa shape index (κ1) is 19.8. The second-order valence-electron chi connectivity index (χ2n) is 7.68. The van der Waals surface area contributed by atoms with Gasteiger partial charge in [-0.15, -0.1) is 0 Å². The highest BCUT2D eigenvalue weighted by molar-refractivity contribution is 8.10. The number of allylic oxidation sites excluding steroid dienone is 1. The predicted molar refractivity (Wildman–Crippen MR) is 123 cm³/mol. The molecule has 142 valence electrons. The summed E-state index contributed by atoms with van der Waals surface area (Å²) in [6.07, 6.45) is 6.03. The lowest BCUT2D eigenvalue weighted by Crippen LogP contribution is -2.05. The van der Waals surface area contributed by atoms with E-state index in [0.29, 0.717) is 0 Å². The van der Waals surface area contributed by atoms with E-state index in [2.05, 4.69) is 68.4 Å². The Morgan fingerprint density at radius 3 is 2.70 bits per heavy atom. The van der Waals surface area contributed by atoms with Gasteiger partial charge in [-0.3, -0.25) is 0 Å². The molecule has 0 bridgehead atoms. The highest BCUT2D eigenvalue weighted by Gasteiger charge is 2.14. The highest BCUT2D eigenvalue weighted by Crippen LogP contribution is 2.35. The molecule has 0 heterocycles. The minimum atomic E-state index is 0.990. The quantitative estimate of drug-likeness (QED) is 0.577. The number of benzene rings is 2. The minimum absolute atomic E-state index is 0.990. The Balaban J connectivity index is 1.71. The predicted octanol–water partition coefficient (Wildman–Crippen LogP) is 7.07. The Morgan fingerprint density at radius 2 is 1.93 bits per heavy atom. The third-order valence-electron chi connectivity index (χ3n) is 5.52. The molecule has 2 aromatic rings. The number of hydrogen-bond acceptors (Lipinski definition) is 2. The van der Waals surface area contributed by atoms with Crippen LogP contribution < -0.4 is 5.32 Å². The molecule has 1 aliphatic carbocycles. The van der Waals surface area contributed by atoms with Crippen molar-refractivity contribution in [2.75, 3.05) is 12.4 Å². The fourth-order valence-electron chi connectivity index (χ4n) is 3.96. The zero-order chi connectivity index (χ0) is 19.4. The summed E-state index contributed by atoms with van der Waals surface area (Å²) in [5, 5.41) is 5.55. The van der Waals surface area contributed by atoms with Crippen molar-refractivity contribution >= 4 is 22.4 Å². The average Bonchev–Trinajstić information content (AvgIpc) is 2.68. The normalized spacial score (nSPS) is 14.0. The molecule has 0 unspecified atom stereocenters. The summed E-state index contributed by atoms with van der Waals surface area (Å²) in [6.45, 7) is 11.0. The standard InChI is InChI=1S/C25H31NS/c1-17(13-22-14-19(3)25(26-5)15-18(22)2)16-27-20(4)23-12-8-10-21-9-6-7-11-24(21)23/h8,10,12,14-16,26H,4,6-7,9,11,13H2,1-3,5H3/b17-16+. The van der Waals surface area contributed by atoms with E-state index in [-0.39, 0.29) is 0 Å². The van der Waals surface area contributed by atoms with Crippen LogP contribution in [0.4, 0.5) is 5.69 Å². The molecule has 0 saturated carbocycles. The van der Waals surface area contributed by atoms with Crippen LogP contribution in [0.25, 0.3) is 4.91 Å². The van der Waals surface area contributed by atoms with Crippen molar-refractivity contribution in [3.8, 4) is 0 Å². The van der Waals surface area contributed by atoms with E-state index < -0.39 is 0 Å². The first-order valence-electron chi connectivity index (χ1n) is 9.89. The lowest BCUT2D eigenvalue weighted by Gasteiger charge is -2.20. The summed E-state index contributed by atoms with van der Waals surface area (Å²) in [5.74, 6) is 0. The van der Waals surface area contributed by atoms with Gasteiger partial charge in [-0.2, -0.15) is 0 Å². The lowest BCUT2D eigenvalue weighted by atomic mass is 9.88. The molecule has 1 nitrogen and oxygen atoms in total. The molecule has 1 N–H and O–H groups in total. The number of fused-ring (bicyclic) bond motifs is 1. The van der Waals surface area contributed by atoms with Gasteiger partial charge in [-0.25, -0.2) is 0 Å². The Hall–Kier alpha value is -1.93. The van der Waals surface area contributed by atoms with Crippen LogP contribution in [-0.4, -0.2) is 7.05 Å². The summed E-state index contributed by atoms with van der Waals surface area (Å²) in [5.41, 5.74) is 11.1. The van der Waals surface area contributed by atoms with Crippen molar-refractivity contribution in [3.63, 3.8) is 0 Å². The van der Waals surface area contributed by atoms with Gasteiger partial charge in [-0.1, -0.05) is 48.2 Å². The SMILES string of the molecule is C=C(S/C=C(\C)Cc1cc(C)c(NC)cc1C)c1cccc2c1CCCC2. The molecule has 0 amide bonds. The second kappa shape index (κ2) is 8.84. The Morgan fingerprint density at radius 1 is 1.15 bits per heavy atom. The van der Waals surface area contributed by atoms with E-state index in [1.165, 1.54) is 75.2 Å². The van der Waals surface area contributed by atoms with E-state index in [9.17, 15) is 0 Å². The van der Waals surface area contributed by atoms with Gasteiger partial charge < -0.3 is 5.32 Å². The van der Waals surface area contributed by atoms with E-state index >= 15 is 0 Å². The number of aryl methyl sites for hydroxylation is 3. The van der Waals surface area contributed by atoms with Crippen LogP contribution in [0.2, 0.25) is 0 Å². The van der Waals surface area contributed by atoms with Crippen LogP contribution in [0.5, 0.6) is 0 Å². The Bertz CT molecular complexity index is 876. The monoisotopic (exact) mass is 377 g/mol. The third-order valence-corrected chi connectivity index (χ3v) is 6.54. The largest absolute Gasteiger partial charge is 0.388 e. The minimum Gasteiger partial charge on any atom is -0.388 e. The summed E-state index contributed by atoms with van der Waals surface area (Å²) >= 11 is 1.78. The van der Waals surface area contributed by atoms with Crippen molar-refractivity contribution in [2.45, 2.75) is 52.9 Å². The zero-order valence-electron chi connectivity index (χ0n) is 17.1. The number of nitrogens with one attached hydrogen (secondary N) is 1. The molecular formula is C25H31NS. The van der Waals surface area contributed by atoms with Gasteiger partial charge in [0.25, 0.3) is 0 Å². The van der Waals surface area contributed by atoms with Crippen LogP contribution in [-0.2, 0) is 19.3 Å². The van der Waals surface area contributed by atoms with Gasteiger partial charge in [0.2, 0.25) is 0 Å². The van der Waals surface area contributed by atoms with Gasteiger partial charge >= 0.3 is 0 Å². The molecule has 0 aromatic heterocycles. The Kier molecular flexibility index (Phi) is 6.49. The number of anilines is 1. The van der Waals surface area contributed by atoms with Crippen molar-refractivity contribution in [3.05, 3.63) is 81.3 Å². The van der Waals surface area contributed by atoms with Gasteiger partial charge in [0, 0.05) is 17.6 Å². The molecule has 2 aromatic carbocycles. The molecule has 1 aliphatic rings. The van der Waals surface area contributed by atoms with Crippen LogP contribution in [0.15, 0.2) is 47.9 Å². The molecule has 3 rings (SSSR count). The molecule has 27 heavy (non-hydrogen) atoms. The third kappa shape index (κ3) is 4.68. The lowest BCUT2D eigenvalue weighted by molar-refractivity contribution is 0.684. The molecular weight excluding hydrogens is 346 g/mol. The van der Waals surface area contributed by atoms with Gasteiger partial charge in [0.15, 0.2) is 0 Å². The first-order chi connectivity index (χ1) is 13.0. The summed E-state index contributed by atoms with van der Waals surface area (Å²) < 4.78 is 0. The van der Waals surface area contributed by atoms with E-state index in [1.807, 2.05) is 7.05 Å². The van der Waals surface area contributed by atoms with Crippen LogP contribution in [0.1, 0.15) is 53.1 Å². The topological polar surface area (TPSA) is 12.0 Å². The number of thioether (sulfide) groups is 1. The van der Waals surface area contributed by atoms with Gasteiger partial charge in [-0.05, 0) is 97.7 Å². The van der Waals surface area contributed by atoms with Crippen LogP contribution in [0, 0.1) is 13.8 Å². The molecule has 0 saturated heterocycles. The maximum atomic E-state index is 4.38. The zero-order valence-corrected chi connectivity index (χ0v) is 17.9. The Labute approximate surface area is 169 Å². The van der Waals surface area contributed by atoms with E-state index in [0.717, 1.165) is 6.42 Å². The molecule has 0 fully saturated rings. The highest BCUT2D eigenvalue weighted by atomic mass is 32.2. The summed E-state index contributed by atoms with van der Waals surface area (Å²) in [4.78, 5) is 1.17. The molecule has 0 atom stereocenters. The fraction of sp³-hybridized carbons (Fsp3) is 0.360. The van der Waals surface area contributed by atoms with Crippen molar-refractivity contribution in [1.82, 2.24) is 0 Å². The van der Waals surface area contributed by atoms with E-state index in [1.54, 1.807) is 11.8 Å². The van der Waals surface area contributed by atoms with Crippen molar-refractivity contribution in [2.24, 2.45) is 0 Å². The number of rotatable bonds is 6. The maximum Gasteiger partial charge on any atom is 0.0370 e. The average molecular weight is 378 g/mol. The smallest absolute Gasteiger partial charge is 0.0370 e. The van der Waals surface area contributed by atoms with E-state index in [4.69, 9.17) is 0 Å².